The Morgan fingerprint density at radius 3 is 2.55 bits per heavy atom. The normalized spacial score (nSPS) is 15.5. The molecule has 0 N–H and O–H groups in total. The molecule has 1 atom stereocenters. The van der Waals surface area contributed by atoms with E-state index in [4.69, 9.17) is 9.47 Å². The van der Waals surface area contributed by atoms with Crippen molar-refractivity contribution in [1.82, 2.24) is 19.7 Å². The van der Waals surface area contributed by atoms with Gasteiger partial charge in [0.05, 0.1) is 12.1 Å². The molecule has 1 amide bonds. The van der Waals surface area contributed by atoms with Gasteiger partial charge in [-0.05, 0) is 82.7 Å². The molecule has 1 unspecified atom stereocenters. The molecular weight excluding hydrogens is 480 g/mol. The number of aldehydes is 1. The summed E-state index contributed by atoms with van der Waals surface area (Å²) in [7, 11) is 0. The van der Waals surface area contributed by atoms with Crippen LogP contribution in [0.2, 0.25) is 0 Å². The minimum atomic E-state index is -0.557. The van der Waals surface area contributed by atoms with Gasteiger partial charge in [0.15, 0.2) is 12.5 Å². The van der Waals surface area contributed by atoms with Crippen LogP contribution in [-0.4, -0.2) is 50.8 Å². The zero-order valence-corrected chi connectivity index (χ0v) is 23.9. The third-order valence-corrected chi connectivity index (χ3v) is 6.30. The molecule has 1 aliphatic heterocycles. The van der Waals surface area contributed by atoms with Crippen LogP contribution in [0.1, 0.15) is 95.1 Å². The summed E-state index contributed by atoms with van der Waals surface area (Å²) in [6, 6.07) is 6.01. The standard InChI is InChI=1S/C27H34N4O4.C3H8/c1-6-30(26(33)35-27(3,4)5)16-20-14-28-15-22(18(20)2)19-10-11-24-21(13-19)23(17-32)29-31(24)25-9-7-8-12-34-25;1-3-2/h10-11,13-15,17,25H,6-9,12,16H2,1-5H3;3H2,1-2H3. The third kappa shape index (κ3) is 6.98. The Morgan fingerprint density at radius 1 is 1.21 bits per heavy atom. The average molecular weight is 523 g/mol. The molecule has 1 fully saturated rings. The maximum absolute atomic E-state index is 12.6. The number of carbonyl (C=O) groups is 2. The summed E-state index contributed by atoms with van der Waals surface area (Å²) >= 11 is 0. The van der Waals surface area contributed by atoms with E-state index in [1.54, 1.807) is 11.1 Å². The first kappa shape index (κ1) is 29.3. The van der Waals surface area contributed by atoms with E-state index in [0.29, 0.717) is 25.4 Å². The minimum Gasteiger partial charge on any atom is -0.444 e. The molecule has 206 valence electrons. The van der Waals surface area contributed by atoms with Crippen LogP contribution in [0.25, 0.3) is 22.0 Å². The number of nitrogens with zero attached hydrogens (tertiary/aromatic N) is 4. The summed E-state index contributed by atoms with van der Waals surface area (Å²) in [6.07, 6.45) is 8.17. The summed E-state index contributed by atoms with van der Waals surface area (Å²) in [5.74, 6) is 0. The van der Waals surface area contributed by atoms with Crippen molar-refractivity contribution in [3.05, 3.63) is 47.4 Å². The van der Waals surface area contributed by atoms with Crippen LogP contribution in [-0.2, 0) is 16.0 Å². The number of carbonyl (C=O) groups excluding carboxylic acids is 2. The molecule has 8 nitrogen and oxygen atoms in total. The number of hydrogen-bond donors (Lipinski definition) is 0. The highest BCUT2D eigenvalue weighted by Gasteiger charge is 2.23. The van der Waals surface area contributed by atoms with E-state index >= 15 is 0 Å². The van der Waals surface area contributed by atoms with E-state index in [0.717, 1.165) is 58.7 Å². The number of ether oxygens (including phenoxy) is 2. The van der Waals surface area contributed by atoms with Gasteiger partial charge in [0.1, 0.15) is 11.3 Å². The molecule has 1 aliphatic rings. The lowest BCUT2D eigenvalue weighted by atomic mass is 9.97. The van der Waals surface area contributed by atoms with E-state index < -0.39 is 5.60 Å². The van der Waals surface area contributed by atoms with Gasteiger partial charge < -0.3 is 14.4 Å². The highest BCUT2D eigenvalue weighted by atomic mass is 16.6. The van der Waals surface area contributed by atoms with E-state index in [-0.39, 0.29) is 12.3 Å². The smallest absolute Gasteiger partial charge is 0.410 e. The van der Waals surface area contributed by atoms with Gasteiger partial charge in [-0.2, -0.15) is 5.10 Å². The molecule has 1 saturated heterocycles. The highest BCUT2D eigenvalue weighted by molar-refractivity contribution is 5.97. The van der Waals surface area contributed by atoms with Gasteiger partial charge in [-0.25, -0.2) is 9.48 Å². The average Bonchev–Trinajstić information content (AvgIpc) is 3.26. The first-order valence-corrected chi connectivity index (χ1v) is 13.6. The van der Waals surface area contributed by atoms with Crippen molar-refractivity contribution in [2.75, 3.05) is 13.2 Å². The van der Waals surface area contributed by atoms with Crippen molar-refractivity contribution in [2.24, 2.45) is 0 Å². The summed E-state index contributed by atoms with van der Waals surface area (Å²) < 4.78 is 13.3. The first-order valence-electron chi connectivity index (χ1n) is 13.6. The van der Waals surface area contributed by atoms with Crippen molar-refractivity contribution in [1.29, 1.82) is 0 Å². The number of rotatable bonds is 6. The van der Waals surface area contributed by atoms with Crippen molar-refractivity contribution < 1.29 is 19.1 Å². The van der Waals surface area contributed by atoms with Crippen molar-refractivity contribution in [3.63, 3.8) is 0 Å². The summed E-state index contributed by atoms with van der Waals surface area (Å²) in [5, 5.41) is 5.35. The molecular formula is C30H42N4O4. The molecule has 1 aromatic carbocycles. The van der Waals surface area contributed by atoms with Crippen LogP contribution in [0, 0.1) is 6.92 Å². The Morgan fingerprint density at radius 2 is 1.95 bits per heavy atom. The van der Waals surface area contributed by atoms with Crippen molar-refractivity contribution in [2.45, 2.75) is 92.5 Å². The molecule has 0 bridgehead atoms. The third-order valence-electron chi connectivity index (χ3n) is 6.30. The lowest BCUT2D eigenvalue weighted by molar-refractivity contribution is -0.0367. The lowest BCUT2D eigenvalue weighted by Gasteiger charge is -2.27. The quantitative estimate of drug-likeness (QED) is 0.321. The highest BCUT2D eigenvalue weighted by Crippen LogP contribution is 2.32. The fourth-order valence-electron chi connectivity index (χ4n) is 4.41. The van der Waals surface area contributed by atoms with Crippen molar-refractivity contribution >= 4 is 23.3 Å². The Hall–Kier alpha value is -3.26. The zero-order chi connectivity index (χ0) is 27.9. The van der Waals surface area contributed by atoms with Crippen LogP contribution >= 0.6 is 0 Å². The van der Waals surface area contributed by atoms with Crippen molar-refractivity contribution in [3.8, 4) is 11.1 Å². The second-order valence-electron chi connectivity index (χ2n) is 10.7. The number of fused-ring (bicyclic) bond motifs is 1. The monoisotopic (exact) mass is 522 g/mol. The Labute approximate surface area is 226 Å². The van der Waals surface area contributed by atoms with E-state index in [9.17, 15) is 9.59 Å². The Bertz CT molecular complexity index is 1240. The zero-order valence-electron chi connectivity index (χ0n) is 23.9. The van der Waals surface area contributed by atoms with E-state index in [1.807, 2.05) is 63.7 Å². The molecule has 4 rings (SSSR count). The van der Waals surface area contributed by atoms with Gasteiger partial charge in [0.2, 0.25) is 0 Å². The molecule has 38 heavy (non-hydrogen) atoms. The largest absolute Gasteiger partial charge is 0.444 e. The molecule has 0 radical (unpaired) electrons. The SMILES string of the molecule is CCC.CCN(Cc1cncc(-c2ccc3c(c2)c(C=O)nn3C2CCCCO2)c1C)C(=O)OC(C)(C)C. The number of pyridine rings is 1. The Balaban J connectivity index is 0.00000127. The second kappa shape index (κ2) is 13.0. The van der Waals surface area contributed by atoms with Gasteiger partial charge in [0.25, 0.3) is 0 Å². The van der Waals surface area contributed by atoms with Gasteiger partial charge in [-0.15, -0.1) is 0 Å². The second-order valence-corrected chi connectivity index (χ2v) is 10.7. The minimum absolute atomic E-state index is 0.148. The summed E-state index contributed by atoms with van der Waals surface area (Å²) in [6.45, 7) is 15.4. The van der Waals surface area contributed by atoms with Crippen LogP contribution in [0.5, 0.6) is 0 Å². The van der Waals surface area contributed by atoms with Crippen LogP contribution in [0.15, 0.2) is 30.6 Å². The number of amides is 1. The van der Waals surface area contributed by atoms with Gasteiger partial charge in [-0.3, -0.25) is 9.78 Å². The molecule has 0 saturated carbocycles. The first-order chi connectivity index (χ1) is 18.1. The van der Waals surface area contributed by atoms with Gasteiger partial charge in [0, 0.05) is 36.5 Å². The van der Waals surface area contributed by atoms with Gasteiger partial charge in [-0.1, -0.05) is 26.3 Å². The summed E-state index contributed by atoms with van der Waals surface area (Å²) in [4.78, 5) is 30.6. The maximum Gasteiger partial charge on any atom is 0.410 e. The predicted octanol–water partition coefficient (Wildman–Crippen LogP) is 7.09. The van der Waals surface area contributed by atoms with Crippen LogP contribution in [0.4, 0.5) is 4.79 Å². The summed E-state index contributed by atoms with van der Waals surface area (Å²) in [5.41, 5.74) is 4.58. The van der Waals surface area contributed by atoms with Gasteiger partial charge >= 0.3 is 6.09 Å². The topological polar surface area (TPSA) is 86.5 Å². The molecule has 2 aromatic heterocycles. The Kier molecular flexibility index (Phi) is 10.0. The number of aromatic nitrogens is 3. The molecule has 3 heterocycles. The number of benzene rings is 1. The predicted molar refractivity (Wildman–Crippen MR) is 150 cm³/mol. The fraction of sp³-hybridized carbons (Fsp3) is 0.533. The van der Waals surface area contributed by atoms with E-state index in [1.165, 1.54) is 6.42 Å². The maximum atomic E-state index is 12.6. The molecule has 8 heteroatoms. The molecule has 0 spiro atoms. The fourth-order valence-corrected chi connectivity index (χ4v) is 4.41. The number of hydrogen-bond acceptors (Lipinski definition) is 6. The molecule has 0 aliphatic carbocycles. The van der Waals surface area contributed by atoms with Crippen LogP contribution < -0.4 is 0 Å². The lowest BCUT2D eigenvalue weighted by Crippen LogP contribution is -2.36. The molecule has 3 aromatic rings. The van der Waals surface area contributed by atoms with Crippen LogP contribution in [0.3, 0.4) is 0 Å². The van der Waals surface area contributed by atoms with E-state index in [2.05, 4.69) is 23.9 Å².